The van der Waals surface area contributed by atoms with Gasteiger partial charge in [0.1, 0.15) is 0 Å². The molecule has 3 rings (SSSR count). The van der Waals surface area contributed by atoms with Gasteiger partial charge < -0.3 is 5.32 Å². The van der Waals surface area contributed by atoms with E-state index in [0.717, 1.165) is 25.1 Å². The van der Waals surface area contributed by atoms with Crippen molar-refractivity contribution in [3.05, 3.63) is 35.2 Å². The van der Waals surface area contributed by atoms with Gasteiger partial charge in [-0.3, -0.25) is 4.79 Å². The first-order valence-electron chi connectivity index (χ1n) is 7.43. The van der Waals surface area contributed by atoms with Crippen LogP contribution in [0, 0.1) is 6.92 Å². The molecule has 0 aromatic carbocycles. The minimum Gasteiger partial charge on any atom is -0.356 e. The van der Waals surface area contributed by atoms with E-state index in [0.29, 0.717) is 12.3 Å². The molecule has 0 fully saturated rings. The molecule has 1 aliphatic rings. The van der Waals surface area contributed by atoms with Gasteiger partial charge in [-0.15, -0.1) is 0 Å². The van der Waals surface area contributed by atoms with Gasteiger partial charge in [0, 0.05) is 19.2 Å². The van der Waals surface area contributed by atoms with Crippen LogP contribution in [0.5, 0.6) is 0 Å². The molecule has 0 spiro atoms. The molecule has 106 valence electrons. The fourth-order valence-corrected chi connectivity index (χ4v) is 3.21. The molecule has 4 heteroatoms. The van der Waals surface area contributed by atoms with Gasteiger partial charge in [0.2, 0.25) is 5.91 Å². The number of carbonyl (C=O) groups is 1. The Labute approximate surface area is 119 Å². The maximum Gasteiger partial charge on any atom is 0.219 e. The van der Waals surface area contributed by atoms with Gasteiger partial charge in [0.05, 0.1) is 11.2 Å². The lowest BCUT2D eigenvalue weighted by Crippen LogP contribution is -2.24. The molecule has 0 saturated heterocycles. The molecule has 0 aliphatic heterocycles. The van der Waals surface area contributed by atoms with Crippen LogP contribution in [-0.2, 0) is 11.2 Å². The lowest BCUT2D eigenvalue weighted by Gasteiger charge is -2.13. The average molecular weight is 271 g/mol. The summed E-state index contributed by atoms with van der Waals surface area (Å²) < 4.78 is 1.98. The Kier molecular flexibility index (Phi) is 3.47. The van der Waals surface area contributed by atoms with Gasteiger partial charge in [-0.2, -0.15) is 5.10 Å². The number of aromatic nitrogens is 2. The van der Waals surface area contributed by atoms with E-state index in [1.54, 1.807) is 0 Å². The highest BCUT2D eigenvalue weighted by molar-refractivity contribution is 5.75. The third kappa shape index (κ3) is 2.30. The van der Waals surface area contributed by atoms with E-state index in [2.05, 4.69) is 28.7 Å². The van der Waals surface area contributed by atoms with Gasteiger partial charge >= 0.3 is 0 Å². The zero-order valence-corrected chi connectivity index (χ0v) is 12.1. The smallest absolute Gasteiger partial charge is 0.219 e. The summed E-state index contributed by atoms with van der Waals surface area (Å²) in [4.78, 5) is 11.3. The largest absolute Gasteiger partial charge is 0.356 e. The quantitative estimate of drug-likeness (QED) is 0.929. The zero-order valence-electron chi connectivity index (χ0n) is 12.1. The first-order chi connectivity index (χ1) is 9.69. The Morgan fingerprint density at radius 1 is 1.55 bits per heavy atom. The molecular weight excluding hydrogens is 250 g/mol. The predicted octanol–water partition coefficient (Wildman–Crippen LogP) is 2.59. The zero-order chi connectivity index (χ0) is 14.1. The number of pyridine rings is 1. The molecule has 2 aromatic heterocycles. The van der Waals surface area contributed by atoms with E-state index in [-0.39, 0.29) is 5.91 Å². The van der Waals surface area contributed by atoms with Crippen LogP contribution >= 0.6 is 0 Å². The number of hydrogen-bond acceptors (Lipinski definition) is 2. The number of amides is 1. The molecule has 0 radical (unpaired) electrons. The van der Waals surface area contributed by atoms with Crippen molar-refractivity contribution < 1.29 is 4.79 Å². The summed E-state index contributed by atoms with van der Waals surface area (Å²) >= 11 is 0. The number of hydrogen-bond donors (Lipinski definition) is 1. The van der Waals surface area contributed by atoms with E-state index < -0.39 is 0 Å². The maximum atomic E-state index is 11.3. The van der Waals surface area contributed by atoms with Crippen LogP contribution in [0.15, 0.2) is 18.3 Å². The van der Waals surface area contributed by atoms with Crippen LogP contribution in [0.4, 0.5) is 0 Å². The maximum absolute atomic E-state index is 11.3. The van der Waals surface area contributed by atoms with Gasteiger partial charge in [0.15, 0.2) is 0 Å². The highest BCUT2D eigenvalue weighted by atomic mass is 16.1. The van der Waals surface area contributed by atoms with Crippen molar-refractivity contribution >= 4 is 11.4 Å². The fraction of sp³-hybridized carbons (Fsp3) is 0.500. The van der Waals surface area contributed by atoms with Crippen molar-refractivity contribution in [2.75, 3.05) is 6.54 Å². The first-order valence-corrected chi connectivity index (χ1v) is 7.43. The summed E-state index contributed by atoms with van der Waals surface area (Å²) in [6, 6.07) is 4.36. The summed E-state index contributed by atoms with van der Waals surface area (Å²) in [6.45, 7) is 4.69. The summed E-state index contributed by atoms with van der Waals surface area (Å²) in [6.07, 6.45) is 5.96. The van der Waals surface area contributed by atoms with Crippen molar-refractivity contribution in [3.8, 4) is 0 Å². The van der Waals surface area contributed by atoms with E-state index >= 15 is 0 Å². The molecule has 20 heavy (non-hydrogen) atoms. The molecule has 0 saturated carbocycles. The number of fused-ring (bicyclic) bond motifs is 3. The normalized spacial score (nSPS) is 17.4. The Bertz CT molecular complexity index is 644. The summed E-state index contributed by atoms with van der Waals surface area (Å²) in [7, 11) is 0. The Hall–Kier alpha value is -1.84. The minimum atomic E-state index is 0.140. The molecule has 1 unspecified atom stereocenters. The van der Waals surface area contributed by atoms with Crippen LogP contribution in [0.2, 0.25) is 0 Å². The van der Waals surface area contributed by atoms with Gasteiger partial charge in [-0.1, -0.05) is 6.92 Å². The average Bonchev–Trinajstić information content (AvgIpc) is 3.00. The Morgan fingerprint density at radius 2 is 2.40 bits per heavy atom. The van der Waals surface area contributed by atoms with Crippen molar-refractivity contribution in [1.29, 1.82) is 0 Å². The highest BCUT2D eigenvalue weighted by Crippen LogP contribution is 2.38. The summed E-state index contributed by atoms with van der Waals surface area (Å²) in [5, 5.41) is 7.48. The molecule has 0 bridgehead atoms. The molecule has 4 nitrogen and oxygen atoms in total. The molecule has 1 amide bonds. The number of rotatable bonds is 4. The Morgan fingerprint density at radius 3 is 3.20 bits per heavy atom. The van der Waals surface area contributed by atoms with Crippen LogP contribution in [0.1, 0.15) is 48.9 Å². The fourth-order valence-electron chi connectivity index (χ4n) is 3.21. The van der Waals surface area contributed by atoms with Crippen LogP contribution in [0.3, 0.4) is 0 Å². The molecular formula is C16H21N3O. The second kappa shape index (κ2) is 5.27. The summed E-state index contributed by atoms with van der Waals surface area (Å²) in [5.74, 6) is 0.684. The van der Waals surface area contributed by atoms with Crippen LogP contribution < -0.4 is 5.32 Å². The SMILES string of the molecule is CCC(=O)NCCC1CCc2ccn3nc(C)cc3c21. The number of carbonyl (C=O) groups excluding carboxylic acids is 1. The van der Waals surface area contributed by atoms with Crippen LogP contribution in [0.25, 0.3) is 5.52 Å². The van der Waals surface area contributed by atoms with Crippen molar-refractivity contribution in [1.82, 2.24) is 14.9 Å². The number of nitrogens with zero attached hydrogens (tertiary/aromatic N) is 2. The second-order valence-electron chi connectivity index (χ2n) is 5.60. The van der Waals surface area contributed by atoms with Gasteiger partial charge in [0.25, 0.3) is 0 Å². The monoisotopic (exact) mass is 271 g/mol. The lowest BCUT2D eigenvalue weighted by atomic mass is 9.97. The first kappa shape index (κ1) is 13.2. The molecule has 1 N–H and O–H groups in total. The third-order valence-corrected chi connectivity index (χ3v) is 4.20. The molecule has 2 aromatic rings. The van der Waals surface area contributed by atoms with Gasteiger partial charge in [-0.25, -0.2) is 4.52 Å². The summed E-state index contributed by atoms with van der Waals surface area (Å²) in [5.41, 5.74) is 5.19. The Balaban J connectivity index is 1.81. The standard InChI is InChI=1S/C16H21N3O/c1-3-15(20)17-8-6-12-4-5-13-7-9-19-14(16(12)13)10-11(2)18-19/h7,9-10,12H,3-6,8H2,1-2H3,(H,17,20). The van der Waals surface area contributed by atoms with Crippen LogP contribution in [-0.4, -0.2) is 22.1 Å². The van der Waals surface area contributed by atoms with E-state index in [4.69, 9.17) is 0 Å². The van der Waals surface area contributed by atoms with Gasteiger partial charge in [-0.05, 0) is 55.4 Å². The molecule has 2 heterocycles. The van der Waals surface area contributed by atoms with Crippen molar-refractivity contribution in [3.63, 3.8) is 0 Å². The van der Waals surface area contributed by atoms with Crippen molar-refractivity contribution in [2.24, 2.45) is 0 Å². The van der Waals surface area contributed by atoms with Crippen molar-refractivity contribution in [2.45, 2.75) is 45.4 Å². The molecule has 1 aliphatic carbocycles. The predicted molar refractivity (Wildman–Crippen MR) is 78.9 cm³/mol. The third-order valence-electron chi connectivity index (χ3n) is 4.20. The topological polar surface area (TPSA) is 46.4 Å². The second-order valence-corrected chi connectivity index (χ2v) is 5.60. The lowest BCUT2D eigenvalue weighted by molar-refractivity contribution is -0.120. The van der Waals surface area contributed by atoms with E-state index in [1.165, 1.54) is 23.1 Å². The van der Waals surface area contributed by atoms with E-state index in [1.807, 2.05) is 18.4 Å². The van der Waals surface area contributed by atoms with E-state index in [9.17, 15) is 4.79 Å². The highest BCUT2D eigenvalue weighted by Gasteiger charge is 2.25. The number of aryl methyl sites for hydroxylation is 2. The minimum absolute atomic E-state index is 0.140. The number of nitrogens with one attached hydrogen (secondary N) is 1. The molecule has 1 atom stereocenters.